The average molecular weight is 406 g/mol. The highest BCUT2D eigenvalue weighted by atomic mass is 16.3. The molecule has 0 radical (unpaired) electrons. The van der Waals surface area contributed by atoms with Crippen LogP contribution in [0.1, 0.15) is 48.3 Å². The second kappa shape index (κ2) is 8.52. The number of benzene rings is 2. The first-order valence-corrected chi connectivity index (χ1v) is 10.8. The molecule has 4 rings (SSSR count). The Morgan fingerprint density at radius 2 is 1.90 bits per heavy atom. The molecule has 0 saturated carbocycles. The number of nitrogens with one attached hydrogen (secondary N) is 1. The highest BCUT2D eigenvalue weighted by molar-refractivity contribution is 5.99. The lowest BCUT2D eigenvalue weighted by Crippen LogP contribution is -2.46. The summed E-state index contributed by atoms with van der Waals surface area (Å²) in [6.45, 7) is 9.09. The van der Waals surface area contributed by atoms with Crippen molar-refractivity contribution >= 4 is 16.8 Å². The number of rotatable bonds is 5. The predicted octanol–water partition coefficient (Wildman–Crippen LogP) is 4.31. The molecular weight excluding hydrogens is 374 g/mol. The number of likely N-dealkylation sites (tertiary alicyclic amines) is 1. The SMILES string of the molecule is Cc1ccc2c(c1)cc(C(=O)NC1CCN(C(C)C)CC1)n2Cc1cccc(O)c1. The molecule has 1 amide bonds. The van der Waals surface area contributed by atoms with Crippen LogP contribution in [0.15, 0.2) is 48.5 Å². The largest absolute Gasteiger partial charge is 0.508 e. The van der Waals surface area contributed by atoms with Crippen LogP contribution in [0.25, 0.3) is 10.9 Å². The van der Waals surface area contributed by atoms with Crippen molar-refractivity contribution in [1.29, 1.82) is 0 Å². The summed E-state index contributed by atoms with van der Waals surface area (Å²) in [5.41, 5.74) is 3.84. The Morgan fingerprint density at radius 1 is 1.13 bits per heavy atom. The van der Waals surface area contributed by atoms with Crippen molar-refractivity contribution in [2.75, 3.05) is 13.1 Å². The van der Waals surface area contributed by atoms with Crippen molar-refractivity contribution in [2.24, 2.45) is 0 Å². The molecule has 2 N–H and O–H groups in total. The Labute approximate surface area is 178 Å². The summed E-state index contributed by atoms with van der Waals surface area (Å²) in [5, 5.41) is 14.2. The number of carbonyl (C=O) groups excluding carboxylic acids is 1. The van der Waals surface area contributed by atoms with E-state index in [0.717, 1.165) is 42.4 Å². The topological polar surface area (TPSA) is 57.5 Å². The number of aromatic nitrogens is 1. The van der Waals surface area contributed by atoms with E-state index in [1.165, 1.54) is 5.56 Å². The van der Waals surface area contributed by atoms with Crippen LogP contribution < -0.4 is 5.32 Å². The fourth-order valence-corrected chi connectivity index (χ4v) is 4.41. The third-order valence-electron chi connectivity index (χ3n) is 6.14. The van der Waals surface area contributed by atoms with E-state index in [1.54, 1.807) is 12.1 Å². The number of hydrogen-bond acceptors (Lipinski definition) is 3. The quantitative estimate of drug-likeness (QED) is 0.665. The van der Waals surface area contributed by atoms with Gasteiger partial charge in [0.05, 0.1) is 0 Å². The van der Waals surface area contributed by atoms with Crippen molar-refractivity contribution in [3.63, 3.8) is 0 Å². The van der Waals surface area contributed by atoms with Crippen molar-refractivity contribution in [3.05, 3.63) is 65.4 Å². The lowest BCUT2D eigenvalue weighted by Gasteiger charge is -2.34. The summed E-state index contributed by atoms with van der Waals surface area (Å²) in [5.74, 6) is 0.217. The molecule has 3 aromatic rings. The lowest BCUT2D eigenvalue weighted by atomic mass is 10.0. The third-order valence-corrected chi connectivity index (χ3v) is 6.14. The minimum absolute atomic E-state index is 0.0213. The standard InChI is InChI=1S/C25H31N3O2/c1-17(2)27-11-9-21(10-12-27)26-25(30)24-15-20-13-18(3)7-8-23(20)28(24)16-19-5-4-6-22(29)14-19/h4-8,13-15,17,21,29H,9-12,16H2,1-3H3,(H,26,30). The maximum atomic E-state index is 13.3. The van der Waals surface area contributed by atoms with E-state index in [4.69, 9.17) is 0 Å². The molecule has 1 aromatic heterocycles. The number of piperidine rings is 1. The lowest BCUT2D eigenvalue weighted by molar-refractivity contribution is 0.0892. The van der Waals surface area contributed by atoms with Crippen LogP contribution in [-0.4, -0.2) is 45.7 Å². The molecule has 2 heterocycles. The Hall–Kier alpha value is -2.79. The number of aryl methyl sites for hydroxylation is 1. The zero-order valence-corrected chi connectivity index (χ0v) is 18.1. The molecule has 1 aliphatic heterocycles. The fourth-order valence-electron chi connectivity index (χ4n) is 4.41. The minimum atomic E-state index is -0.0213. The van der Waals surface area contributed by atoms with E-state index in [0.29, 0.717) is 18.3 Å². The number of phenols is 1. The van der Waals surface area contributed by atoms with Crippen molar-refractivity contribution in [1.82, 2.24) is 14.8 Å². The van der Waals surface area contributed by atoms with Gasteiger partial charge in [-0.3, -0.25) is 4.79 Å². The summed E-state index contributed by atoms with van der Waals surface area (Å²) < 4.78 is 2.06. The van der Waals surface area contributed by atoms with Gasteiger partial charge in [-0.2, -0.15) is 0 Å². The smallest absolute Gasteiger partial charge is 0.268 e. The van der Waals surface area contributed by atoms with Crippen LogP contribution in [0.3, 0.4) is 0 Å². The Bertz CT molecular complexity index is 1050. The van der Waals surface area contributed by atoms with Gasteiger partial charge < -0.3 is 19.9 Å². The summed E-state index contributed by atoms with van der Waals surface area (Å²) in [7, 11) is 0. The van der Waals surface area contributed by atoms with Gasteiger partial charge in [-0.05, 0) is 69.5 Å². The van der Waals surface area contributed by atoms with E-state index in [1.807, 2.05) is 18.2 Å². The summed E-state index contributed by atoms with van der Waals surface area (Å²) >= 11 is 0. The molecule has 1 aliphatic rings. The molecule has 158 valence electrons. The van der Waals surface area contributed by atoms with Gasteiger partial charge in [0.25, 0.3) is 5.91 Å². The number of nitrogens with zero attached hydrogens (tertiary/aromatic N) is 2. The van der Waals surface area contributed by atoms with E-state index in [-0.39, 0.29) is 17.7 Å². The number of phenolic OH excluding ortho intramolecular Hbond substituents is 1. The molecule has 0 spiro atoms. The molecule has 5 heteroatoms. The first-order chi connectivity index (χ1) is 14.4. The normalized spacial score (nSPS) is 15.7. The van der Waals surface area contributed by atoms with Crippen LogP contribution in [-0.2, 0) is 6.54 Å². The van der Waals surface area contributed by atoms with Gasteiger partial charge in [-0.25, -0.2) is 0 Å². The van der Waals surface area contributed by atoms with Crippen molar-refractivity contribution in [2.45, 2.75) is 52.2 Å². The van der Waals surface area contributed by atoms with Crippen LogP contribution >= 0.6 is 0 Å². The summed E-state index contributed by atoms with van der Waals surface area (Å²) in [6.07, 6.45) is 1.96. The van der Waals surface area contributed by atoms with Crippen LogP contribution in [0.4, 0.5) is 0 Å². The van der Waals surface area contributed by atoms with Gasteiger partial charge >= 0.3 is 0 Å². The van der Waals surface area contributed by atoms with Gasteiger partial charge in [-0.1, -0.05) is 23.8 Å². The zero-order chi connectivity index (χ0) is 21.3. The van der Waals surface area contributed by atoms with Crippen molar-refractivity contribution < 1.29 is 9.90 Å². The first kappa shape index (κ1) is 20.5. The highest BCUT2D eigenvalue weighted by Gasteiger charge is 2.24. The number of carbonyl (C=O) groups is 1. The van der Waals surface area contributed by atoms with Gasteiger partial charge in [0.1, 0.15) is 11.4 Å². The van der Waals surface area contributed by atoms with E-state index in [9.17, 15) is 9.90 Å². The fraction of sp³-hybridized carbons (Fsp3) is 0.400. The maximum absolute atomic E-state index is 13.3. The number of amides is 1. The molecule has 2 aromatic carbocycles. The molecular formula is C25H31N3O2. The van der Waals surface area contributed by atoms with E-state index >= 15 is 0 Å². The summed E-state index contributed by atoms with van der Waals surface area (Å²) in [6, 6.07) is 16.2. The molecule has 0 aliphatic carbocycles. The summed E-state index contributed by atoms with van der Waals surface area (Å²) in [4.78, 5) is 15.7. The molecule has 30 heavy (non-hydrogen) atoms. The number of aromatic hydroxyl groups is 1. The van der Waals surface area contributed by atoms with Gasteiger partial charge in [0, 0.05) is 42.6 Å². The highest BCUT2D eigenvalue weighted by Crippen LogP contribution is 2.24. The van der Waals surface area contributed by atoms with E-state index < -0.39 is 0 Å². The van der Waals surface area contributed by atoms with E-state index in [2.05, 4.69) is 53.8 Å². The van der Waals surface area contributed by atoms with Crippen LogP contribution in [0.5, 0.6) is 5.75 Å². The molecule has 5 nitrogen and oxygen atoms in total. The van der Waals surface area contributed by atoms with Crippen molar-refractivity contribution in [3.8, 4) is 5.75 Å². The van der Waals surface area contributed by atoms with Gasteiger partial charge in [-0.15, -0.1) is 0 Å². The zero-order valence-electron chi connectivity index (χ0n) is 18.1. The predicted molar refractivity (Wildman–Crippen MR) is 121 cm³/mol. The first-order valence-electron chi connectivity index (χ1n) is 10.8. The van der Waals surface area contributed by atoms with Gasteiger partial charge in [0.15, 0.2) is 0 Å². The number of hydrogen-bond donors (Lipinski definition) is 2. The van der Waals surface area contributed by atoms with Crippen LogP contribution in [0.2, 0.25) is 0 Å². The second-order valence-corrected chi connectivity index (χ2v) is 8.73. The Morgan fingerprint density at radius 3 is 2.60 bits per heavy atom. The minimum Gasteiger partial charge on any atom is -0.508 e. The monoisotopic (exact) mass is 405 g/mol. The molecule has 1 fully saturated rings. The van der Waals surface area contributed by atoms with Gasteiger partial charge in [0.2, 0.25) is 0 Å². The van der Waals surface area contributed by atoms with Crippen LogP contribution in [0, 0.1) is 6.92 Å². The average Bonchev–Trinajstić information content (AvgIpc) is 3.06. The molecule has 1 saturated heterocycles. The Balaban J connectivity index is 1.60. The molecule has 0 atom stereocenters. The molecule has 0 unspecified atom stereocenters. The second-order valence-electron chi connectivity index (χ2n) is 8.73. The third kappa shape index (κ3) is 4.36. The number of fused-ring (bicyclic) bond motifs is 1. The molecule has 0 bridgehead atoms. The Kier molecular flexibility index (Phi) is 5.82. The maximum Gasteiger partial charge on any atom is 0.268 e.